The van der Waals surface area contributed by atoms with Gasteiger partial charge in [-0.15, -0.1) is 0 Å². The molecule has 0 saturated heterocycles. The summed E-state index contributed by atoms with van der Waals surface area (Å²) in [4.78, 5) is 24.1. The maximum Gasteiger partial charge on any atom is 0.338 e. The van der Waals surface area contributed by atoms with Gasteiger partial charge in [0.1, 0.15) is 5.76 Å². The zero-order chi connectivity index (χ0) is 22.4. The number of anilines is 1. The van der Waals surface area contributed by atoms with E-state index in [2.05, 4.69) is 10.0 Å². The highest BCUT2D eigenvalue weighted by Gasteiger charge is 2.17. The minimum atomic E-state index is -3.79. The molecule has 0 aliphatic rings. The van der Waals surface area contributed by atoms with Gasteiger partial charge in [-0.25, -0.2) is 17.9 Å². The third kappa shape index (κ3) is 6.31. The van der Waals surface area contributed by atoms with E-state index in [1.807, 2.05) is 0 Å². The second-order valence-corrected chi connectivity index (χ2v) is 8.79. The third-order valence-corrected chi connectivity index (χ3v) is 5.92. The number of amides is 1. The van der Waals surface area contributed by atoms with E-state index in [4.69, 9.17) is 32.4 Å². The molecule has 0 unspecified atom stereocenters. The fourth-order valence-electron chi connectivity index (χ4n) is 2.42. The van der Waals surface area contributed by atoms with Crippen LogP contribution in [-0.2, 0) is 26.1 Å². The Bertz CT molecular complexity index is 1180. The molecule has 0 bridgehead atoms. The number of hydrogen-bond acceptors (Lipinski definition) is 6. The van der Waals surface area contributed by atoms with E-state index in [1.165, 1.54) is 42.7 Å². The van der Waals surface area contributed by atoms with E-state index in [1.54, 1.807) is 18.2 Å². The quantitative estimate of drug-likeness (QED) is 0.471. The summed E-state index contributed by atoms with van der Waals surface area (Å²) in [7, 11) is -3.79. The Morgan fingerprint density at radius 1 is 1.03 bits per heavy atom. The van der Waals surface area contributed by atoms with E-state index >= 15 is 0 Å². The predicted molar refractivity (Wildman–Crippen MR) is 115 cm³/mol. The smallest absolute Gasteiger partial charge is 0.338 e. The van der Waals surface area contributed by atoms with Crippen molar-refractivity contribution in [3.63, 3.8) is 0 Å². The maximum atomic E-state index is 12.3. The van der Waals surface area contributed by atoms with Gasteiger partial charge >= 0.3 is 5.97 Å². The van der Waals surface area contributed by atoms with Gasteiger partial charge < -0.3 is 14.5 Å². The molecule has 1 heterocycles. The van der Waals surface area contributed by atoms with Crippen LogP contribution in [-0.4, -0.2) is 26.9 Å². The first kappa shape index (κ1) is 22.8. The number of rotatable bonds is 8. The van der Waals surface area contributed by atoms with Crippen molar-refractivity contribution in [2.75, 3.05) is 11.9 Å². The highest BCUT2D eigenvalue weighted by atomic mass is 35.5. The highest BCUT2D eigenvalue weighted by molar-refractivity contribution is 7.89. The Balaban J connectivity index is 1.54. The summed E-state index contributed by atoms with van der Waals surface area (Å²) >= 11 is 11.8. The van der Waals surface area contributed by atoms with Crippen molar-refractivity contribution in [1.82, 2.24) is 4.72 Å². The predicted octanol–water partition coefficient (Wildman–Crippen LogP) is 3.86. The van der Waals surface area contributed by atoms with Crippen molar-refractivity contribution in [3.8, 4) is 0 Å². The third-order valence-electron chi connectivity index (χ3n) is 3.96. The molecule has 0 fully saturated rings. The van der Waals surface area contributed by atoms with Crippen LogP contribution in [0.2, 0.25) is 10.0 Å². The van der Waals surface area contributed by atoms with Crippen molar-refractivity contribution in [3.05, 3.63) is 82.2 Å². The van der Waals surface area contributed by atoms with Gasteiger partial charge in [-0.2, -0.15) is 0 Å². The van der Waals surface area contributed by atoms with Crippen LogP contribution in [0.4, 0.5) is 5.69 Å². The zero-order valence-electron chi connectivity index (χ0n) is 15.8. The van der Waals surface area contributed by atoms with Crippen LogP contribution >= 0.6 is 23.2 Å². The lowest BCUT2D eigenvalue weighted by Gasteiger charge is -2.09. The molecular weight excluding hydrogens is 467 g/mol. The van der Waals surface area contributed by atoms with Crippen LogP contribution in [0.3, 0.4) is 0 Å². The summed E-state index contributed by atoms with van der Waals surface area (Å²) in [5.74, 6) is -0.925. The van der Waals surface area contributed by atoms with E-state index in [-0.39, 0.29) is 22.0 Å². The molecular formula is C20H16Cl2N2O6S. The summed E-state index contributed by atoms with van der Waals surface area (Å²) in [5, 5.41) is 3.15. The number of halogens is 2. The lowest BCUT2D eigenvalue weighted by atomic mass is 10.2. The number of carbonyl (C=O) groups is 2. The standard InChI is InChI=1S/C20H16Cl2N2O6S/c21-14-5-8-18(17(22)10-14)24-19(25)12-30-20(26)13-3-6-16(7-4-13)31(27,28)23-11-15-2-1-9-29-15/h1-10,23H,11-12H2,(H,24,25). The number of carbonyl (C=O) groups excluding carboxylic acids is 2. The number of ether oxygens (including phenoxy) is 1. The van der Waals surface area contributed by atoms with Gasteiger partial charge in [0.25, 0.3) is 5.91 Å². The largest absolute Gasteiger partial charge is 0.468 e. The zero-order valence-corrected chi connectivity index (χ0v) is 18.1. The lowest BCUT2D eigenvalue weighted by Crippen LogP contribution is -2.23. The monoisotopic (exact) mass is 482 g/mol. The molecule has 162 valence electrons. The average molecular weight is 483 g/mol. The number of hydrogen-bond donors (Lipinski definition) is 2. The van der Waals surface area contributed by atoms with Crippen molar-refractivity contribution in [2.24, 2.45) is 0 Å². The molecule has 1 aromatic heterocycles. The number of esters is 1. The summed E-state index contributed by atoms with van der Waals surface area (Å²) in [6, 6.07) is 12.9. The van der Waals surface area contributed by atoms with Crippen LogP contribution in [0.15, 0.2) is 70.2 Å². The van der Waals surface area contributed by atoms with Crippen LogP contribution in [0.5, 0.6) is 0 Å². The van der Waals surface area contributed by atoms with Gasteiger partial charge in [-0.05, 0) is 54.6 Å². The molecule has 2 N–H and O–H groups in total. The van der Waals surface area contributed by atoms with Gasteiger partial charge in [-0.3, -0.25) is 4.79 Å². The minimum absolute atomic E-state index is 0.00806. The summed E-state index contributed by atoms with van der Waals surface area (Å²) < 4.78 is 37.0. The highest BCUT2D eigenvalue weighted by Crippen LogP contribution is 2.25. The molecule has 0 saturated carbocycles. The van der Waals surface area contributed by atoms with E-state index < -0.39 is 28.5 Å². The molecule has 3 rings (SSSR count). The molecule has 11 heteroatoms. The Labute approximate surface area is 188 Å². The molecule has 8 nitrogen and oxygen atoms in total. The first-order chi connectivity index (χ1) is 14.7. The molecule has 31 heavy (non-hydrogen) atoms. The Kier molecular flexibility index (Phi) is 7.34. The molecule has 2 aromatic carbocycles. The number of nitrogens with one attached hydrogen (secondary N) is 2. The van der Waals surface area contributed by atoms with Gasteiger partial charge in [-0.1, -0.05) is 23.2 Å². The van der Waals surface area contributed by atoms with Crippen LogP contribution < -0.4 is 10.0 Å². The van der Waals surface area contributed by atoms with Crippen LogP contribution in [0.1, 0.15) is 16.1 Å². The molecule has 3 aromatic rings. The number of furan rings is 1. The van der Waals surface area contributed by atoms with E-state index in [9.17, 15) is 18.0 Å². The summed E-state index contributed by atoms with van der Waals surface area (Å²) in [5.41, 5.74) is 0.408. The molecule has 0 atom stereocenters. The Morgan fingerprint density at radius 2 is 1.77 bits per heavy atom. The maximum absolute atomic E-state index is 12.3. The van der Waals surface area contributed by atoms with Gasteiger partial charge in [0.2, 0.25) is 10.0 Å². The van der Waals surface area contributed by atoms with Crippen molar-refractivity contribution in [2.45, 2.75) is 11.4 Å². The lowest BCUT2D eigenvalue weighted by molar-refractivity contribution is -0.119. The SMILES string of the molecule is O=C(COC(=O)c1ccc(S(=O)(=O)NCc2ccco2)cc1)Nc1ccc(Cl)cc1Cl. The second-order valence-electron chi connectivity index (χ2n) is 6.18. The van der Waals surface area contributed by atoms with Crippen molar-refractivity contribution >= 4 is 50.8 Å². The number of sulfonamides is 1. The first-order valence-corrected chi connectivity index (χ1v) is 11.0. The minimum Gasteiger partial charge on any atom is -0.468 e. The molecule has 0 radical (unpaired) electrons. The Hall–Kier alpha value is -2.85. The second kappa shape index (κ2) is 9.97. The van der Waals surface area contributed by atoms with Crippen LogP contribution in [0, 0.1) is 0 Å². The molecule has 1 amide bonds. The Morgan fingerprint density at radius 3 is 2.42 bits per heavy atom. The summed E-state index contributed by atoms with van der Waals surface area (Å²) in [6.07, 6.45) is 1.44. The topological polar surface area (TPSA) is 115 Å². The summed E-state index contributed by atoms with van der Waals surface area (Å²) in [6.45, 7) is -0.561. The molecule has 0 spiro atoms. The molecule has 0 aliphatic heterocycles. The first-order valence-electron chi connectivity index (χ1n) is 8.79. The van der Waals surface area contributed by atoms with Crippen molar-refractivity contribution < 1.29 is 27.2 Å². The normalized spacial score (nSPS) is 11.2. The average Bonchev–Trinajstić information content (AvgIpc) is 3.26. The number of benzene rings is 2. The van der Waals surface area contributed by atoms with Crippen LogP contribution in [0.25, 0.3) is 0 Å². The molecule has 0 aliphatic carbocycles. The fourth-order valence-corrected chi connectivity index (χ4v) is 3.87. The van der Waals surface area contributed by atoms with E-state index in [0.29, 0.717) is 16.5 Å². The van der Waals surface area contributed by atoms with E-state index in [0.717, 1.165) is 0 Å². The fraction of sp³-hybridized carbons (Fsp3) is 0.100. The van der Waals surface area contributed by atoms with Gasteiger partial charge in [0, 0.05) is 5.02 Å². The van der Waals surface area contributed by atoms with Gasteiger partial charge in [0.15, 0.2) is 6.61 Å². The van der Waals surface area contributed by atoms with Gasteiger partial charge in [0.05, 0.1) is 34.0 Å². The van der Waals surface area contributed by atoms with Crippen molar-refractivity contribution in [1.29, 1.82) is 0 Å².